The molecule has 5 atom stereocenters. The van der Waals surface area contributed by atoms with Crippen molar-refractivity contribution in [3.8, 4) is 11.5 Å². The van der Waals surface area contributed by atoms with Crippen LogP contribution in [0.4, 0.5) is 15.6 Å². The first kappa shape index (κ1) is 25.2. The number of hydrogen-bond donors (Lipinski definition) is 3. The number of aryl methyl sites for hydroxylation is 1. The van der Waals surface area contributed by atoms with Crippen LogP contribution in [0.2, 0.25) is 0 Å². The third-order valence-corrected chi connectivity index (χ3v) is 11.0. The molecule has 0 aliphatic heterocycles. The normalized spacial score (nSPS) is 32.4. The van der Waals surface area contributed by atoms with Crippen molar-refractivity contribution < 1.29 is 14.3 Å². The van der Waals surface area contributed by atoms with Crippen molar-refractivity contribution in [2.24, 2.45) is 39.4 Å². The molecule has 1 heterocycles. The summed E-state index contributed by atoms with van der Waals surface area (Å²) in [5.74, 6) is 3.41. The predicted octanol–water partition coefficient (Wildman–Crippen LogP) is 6.11. The summed E-state index contributed by atoms with van der Waals surface area (Å²) < 4.78 is 11.0. The first-order chi connectivity index (χ1) is 18.3. The Morgan fingerprint density at radius 3 is 2.71 bits per heavy atom. The number of carbonyl (C=O) groups is 1. The minimum absolute atomic E-state index is 0.0442. The topological polar surface area (TPSA) is 111 Å². The highest BCUT2D eigenvalue weighted by Crippen LogP contribution is 2.65. The van der Waals surface area contributed by atoms with E-state index in [4.69, 9.17) is 20.2 Å². The SMILES string of the molecule is COc1ccc(OC)c(Nc2nc3c(s2)C2=CC[C@@H]4[C@H](CC[C@]5(C)/C(=N/NC(N)=O)CC[C@@H]45)[C@@]2(C)CC3)c1. The molecule has 0 unspecified atom stereocenters. The van der Waals surface area contributed by atoms with E-state index in [1.165, 1.54) is 22.6 Å². The Balaban J connectivity index is 1.29. The lowest BCUT2D eigenvalue weighted by Gasteiger charge is -2.56. The number of carbonyl (C=O) groups excluding carboxylic acids is 1. The number of fused-ring (bicyclic) bond motifs is 7. The largest absolute Gasteiger partial charge is 0.497 e. The molecule has 2 saturated carbocycles. The maximum atomic E-state index is 11.3. The predicted molar refractivity (Wildman–Crippen MR) is 151 cm³/mol. The fourth-order valence-electron chi connectivity index (χ4n) is 8.05. The van der Waals surface area contributed by atoms with Gasteiger partial charge in [-0.3, -0.25) is 0 Å². The number of nitrogens with zero attached hydrogens (tertiary/aromatic N) is 2. The lowest BCUT2D eigenvalue weighted by molar-refractivity contribution is 0.0116. The number of hydrazone groups is 1. The van der Waals surface area contributed by atoms with E-state index in [0.29, 0.717) is 17.8 Å². The van der Waals surface area contributed by atoms with Crippen molar-refractivity contribution in [3.05, 3.63) is 34.8 Å². The molecule has 8 nitrogen and oxygen atoms in total. The van der Waals surface area contributed by atoms with E-state index in [-0.39, 0.29) is 10.8 Å². The number of ether oxygens (including phenoxy) is 2. The van der Waals surface area contributed by atoms with Gasteiger partial charge in [0.05, 0.1) is 30.5 Å². The second-order valence-corrected chi connectivity index (χ2v) is 12.7. The first-order valence-electron chi connectivity index (χ1n) is 13.6. The van der Waals surface area contributed by atoms with Crippen molar-refractivity contribution in [2.45, 2.75) is 58.8 Å². The van der Waals surface area contributed by atoms with E-state index in [0.717, 1.165) is 66.6 Å². The maximum Gasteiger partial charge on any atom is 0.332 e. The van der Waals surface area contributed by atoms with Gasteiger partial charge in [-0.25, -0.2) is 15.2 Å². The fraction of sp³-hybridized carbons (Fsp3) is 0.552. The number of rotatable bonds is 5. The monoisotopic (exact) mass is 535 g/mol. The third kappa shape index (κ3) is 3.89. The number of nitrogens with one attached hydrogen (secondary N) is 2. The van der Waals surface area contributed by atoms with Gasteiger partial charge in [-0.1, -0.05) is 31.3 Å². The Morgan fingerprint density at radius 2 is 1.95 bits per heavy atom. The quantitative estimate of drug-likeness (QED) is 0.400. The third-order valence-electron chi connectivity index (χ3n) is 9.98. The van der Waals surface area contributed by atoms with Crippen molar-refractivity contribution in [2.75, 3.05) is 19.5 Å². The molecular formula is C29H37N5O3S. The number of allylic oxidation sites excluding steroid dienone is 2. The summed E-state index contributed by atoms with van der Waals surface area (Å²) in [5.41, 5.74) is 12.7. The Bertz CT molecular complexity index is 1340. The van der Waals surface area contributed by atoms with Crippen LogP contribution in [0.1, 0.15) is 62.9 Å². The molecule has 4 N–H and O–H groups in total. The fourth-order valence-corrected chi connectivity index (χ4v) is 9.25. The number of amides is 2. The molecular weight excluding hydrogens is 498 g/mol. The molecule has 4 aliphatic rings. The number of nitrogens with two attached hydrogens (primary N) is 1. The highest BCUT2D eigenvalue weighted by Gasteiger charge is 2.58. The molecule has 38 heavy (non-hydrogen) atoms. The average Bonchev–Trinajstić information content (AvgIpc) is 3.47. The molecule has 202 valence electrons. The van der Waals surface area contributed by atoms with Crippen LogP contribution in [0, 0.1) is 28.6 Å². The van der Waals surface area contributed by atoms with Crippen LogP contribution in [0.15, 0.2) is 29.4 Å². The Morgan fingerprint density at radius 1 is 1.13 bits per heavy atom. The van der Waals surface area contributed by atoms with E-state index in [2.05, 4.69) is 35.8 Å². The number of anilines is 2. The minimum atomic E-state index is -0.586. The smallest absolute Gasteiger partial charge is 0.332 e. The van der Waals surface area contributed by atoms with Gasteiger partial charge < -0.3 is 20.5 Å². The van der Waals surface area contributed by atoms with Crippen molar-refractivity contribution in [1.82, 2.24) is 10.4 Å². The zero-order chi connectivity index (χ0) is 26.7. The summed E-state index contributed by atoms with van der Waals surface area (Å²) in [6, 6.07) is 5.17. The first-order valence-corrected chi connectivity index (χ1v) is 14.4. The van der Waals surface area contributed by atoms with Crippen molar-refractivity contribution in [3.63, 3.8) is 0 Å². The summed E-state index contributed by atoms with van der Waals surface area (Å²) in [6.07, 6.45) is 10.1. The van der Waals surface area contributed by atoms with E-state index < -0.39 is 6.03 Å². The molecule has 9 heteroatoms. The molecule has 0 radical (unpaired) electrons. The van der Waals surface area contributed by atoms with Gasteiger partial charge in [0.25, 0.3) is 0 Å². The summed E-state index contributed by atoms with van der Waals surface area (Å²) >= 11 is 1.76. The molecule has 0 bridgehead atoms. The van der Waals surface area contributed by atoms with Crippen LogP contribution < -0.4 is 25.9 Å². The van der Waals surface area contributed by atoms with Gasteiger partial charge in [0, 0.05) is 17.2 Å². The van der Waals surface area contributed by atoms with Gasteiger partial charge in [0.2, 0.25) is 0 Å². The number of hydrogen-bond acceptors (Lipinski definition) is 7. The van der Waals surface area contributed by atoms with Crippen LogP contribution in [-0.4, -0.2) is 30.9 Å². The van der Waals surface area contributed by atoms with Gasteiger partial charge in [-0.15, -0.1) is 0 Å². The number of methoxy groups -OCH3 is 2. The second kappa shape index (κ2) is 9.29. The summed E-state index contributed by atoms with van der Waals surface area (Å²) in [7, 11) is 3.35. The van der Waals surface area contributed by atoms with Gasteiger partial charge in [-0.05, 0) is 85.8 Å². The lowest BCUT2D eigenvalue weighted by Crippen LogP contribution is -2.49. The van der Waals surface area contributed by atoms with E-state index >= 15 is 0 Å². The molecule has 6 rings (SSSR count). The zero-order valence-corrected chi connectivity index (χ0v) is 23.4. The molecule has 2 fully saturated rings. The van der Waals surface area contributed by atoms with Gasteiger partial charge in [0.1, 0.15) is 11.5 Å². The van der Waals surface area contributed by atoms with Crippen LogP contribution >= 0.6 is 11.3 Å². The number of aromatic nitrogens is 1. The number of primary amides is 1. The molecule has 4 aliphatic carbocycles. The summed E-state index contributed by atoms with van der Waals surface area (Å²) in [6.45, 7) is 4.86. The highest BCUT2D eigenvalue weighted by molar-refractivity contribution is 7.16. The molecule has 2 amide bonds. The minimum Gasteiger partial charge on any atom is -0.497 e. The Labute approximate surface area is 228 Å². The van der Waals surface area contributed by atoms with Crippen LogP contribution in [0.5, 0.6) is 11.5 Å². The molecule has 1 aromatic carbocycles. The molecule has 0 saturated heterocycles. The molecule has 0 spiro atoms. The van der Waals surface area contributed by atoms with Crippen LogP contribution in [0.25, 0.3) is 5.57 Å². The van der Waals surface area contributed by atoms with E-state index in [9.17, 15) is 4.79 Å². The maximum absolute atomic E-state index is 11.3. The van der Waals surface area contributed by atoms with Crippen molar-refractivity contribution >= 4 is 39.5 Å². The van der Waals surface area contributed by atoms with Gasteiger partial charge in [0.15, 0.2) is 5.13 Å². The summed E-state index contributed by atoms with van der Waals surface area (Å²) in [4.78, 5) is 17.7. The molecule has 2 aromatic rings. The summed E-state index contributed by atoms with van der Waals surface area (Å²) in [5, 5.41) is 8.85. The van der Waals surface area contributed by atoms with Crippen molar-refractivity contribution in [1.29, 1.82) is 0 Å². The highest BCUT2D eigenvalue weighted by atomic mass is 32.1. The van der Waals surface area contributed by atoms with Crippen LogP contribution in [-0.2, 0) is 6.42 Å². The van der Waals surface area contributed by atoms with E-state index in [1.807, 2.05) is 18.2 Å². The van der Waals surface area contributed by atoms with Crippen LogP contribution in [0.3, 0.4) is 0 Å². The number of benzene rings is 1. The lowest BCUT2D eigenvalue weighted by atomic mass is 9.48. The van der Waals surface area contributed by atoms with E-state index in [1.54, 1.807) is 25.6 Å². The molecule has 1 aromatic heterocycles. The number of urea groups is 1. The zero-order valence-electron chi connectivity index (χ0n) is 22.6. The van der Waals surface area contributed by atoms with Gasteiger partial charge >= 0.3 is 6.03 Å². The Kier molecular flexibility index (Phi) is 6.17. The second-order valence-electron chi connectivity index (χ2n) is 11.7. The Hall–Kier alpha value is -3.07. The van der Waals surface area contributed by atoms with Gasteiger partial charge in [-0.2, -0.15) is 5.10 Å². The standard InChI is InChI=1S/C29H37N5O3S/c1-28-14-12-21-25(38-27(31-21)32-22-15-16(36-3)5-9-23(22)37-4)20(28)7-6-17-18-8-10-24(33-34-26(30)35)29(18,2)13-11-19(17)28/h5,7,9,15,17-19H,6,8,10-14H2,1-4H3,(H,31,32)(H3,30,34,35)/b33-24+/t17-,18-,19-,28+,29-/m0/s1. The number of thiazole rings is 1. The average molecular weight is 536 g/mol.